The van der Waals surface area contributed by atoms with Crippen molar-refractivity contribution in [2.75, 3.05) is 13.1 Å². The van der Waals surface area contributed by atoms with Crippen LogP contribution in [0, 0.1) is 0 Å². The molecule has 0 saturated carbocycles. The van der Waals surface area contributed by atoms with Crippen LogP contribution >= 0.6 is 11.6 Å². The third-order valence-corrected chi connectivity index (χ3v) is 6.77. The number of hydrogen-bond acceptors (Lipinski definition) is 5. The zero-order valence-corrected chi connectivity index (χ0v) is 18.3. The molecule has 8 nitrogen and oxygen atoms in total. The van der Waals surface area contributed by atoms with E-state index in [-0.39, 0.29) is 24.4 Å². The molecule has 0 bridgehead atoms. The summed E-state index contributed by atoms with van der Waals surface area (Å²) < 4.78 is 3.79. The zero-order valence-electron chi connectivity index (χ0n) is 17.5. The van der Waals surface area contributed by atoms with Crippen LogP contribution in [0.5, 0.6) is 0 Å². The molecule has 0 N–H and O–H groups in total. The summed E-state index contributed by atoms with van der Waals surface area (Å²) in [5.74, 6) is -0.240. The number of imide groups is 1. The summed E-state index contributed by atoms with van der Waals surface area (Å²) in [6, 6.07) is 7.64. The van der Waals surface area contributed by atoms with E-state index >= 15 is 0 Å². The predicted molar refractivity (Wildman–Crippen MR) is 120 cm³/mol. The standard InChI is InChI=1S/C23H21ClN6O2/c1-27-6-4-15-8-16(24)9-17(22(15)27)21-19-7-14(11-30(19)26-13-25-21)10-29-20(31)12-28-5-2-3-18(28)23(29)32/h4,6-9,11,13,18H,2-3,5,10,12H2,1H3. The first kappa shape index (κ1) is 19.5. The van der Waals surface area contributed by atoms with Crippen molar-refractivity contribution in [2.24, 2.45) is 7.05 Å². The number of aryl methyl sites for hydroxylation is 1. The lowest BCUT2D eigenvalue weighted by Crippen LogP contribution is -2.56. The SMILES string of the molecule is Cn1ccc2cc(Cl)cc(-c3ncnn4cc(CN5C(=O)CN6CCCC6C5=O)cc34)c21. The number of aromatic nitrogens is 4. The van der Waals surface area contributed by atoms with Gasteiger partial charge in [-0.05, 0) is 49.2 Å². The molecular weight excluding hydrogens is 428 g/mol. The van der Waals surface area contributed by atoms with Crippen LogP contribution in [-0.4, -0.2) is 59.9 Å². The molecule has 1 unspecified atom stereocenters. The Morgan fingerprint density at radius 3 is 2.97 bits per heavy atom. The third-order valence-electron chi connectivity index (χ3n) is 6.55. The molecule has 4 aromatic rings. The molecule has 0 spiro atoms. The van der Waals surface area contributed by atoms with Crippen molar-refractivity contribution in [3.63, 3.8) is 0 Å². The minimum Gasteiger partial charge on any atom is -0.350 e. The van der Waals surface area contributed by atoms with Crippen molar-refractivity contribution in [1.29, 1.82) is 0 Å². The average molecular weight is 449 g/mol. The molecule has 9 heteroatoms. The number of carbonyl (C=O) groups excluding carboxylic acids is 2. The van der Waals surface area contributed by atoms with Gasteiger partial charge in [-0.1, -0.05) is 11.6 Å². The molecule has 2 saturated heterocycles. The Bertz CT molecular complexity index is 1410. The molecule has 1 aromatic carbocycles. The first-order chi connectivity index (χ1) is 15.5. The molecule has 1 atom stereocenters. The number of nitrogens with zero attached hydrogens (tertiary/aromatic N) is 6. The molecule has 2 fully saturated rings. The van der Waals surface area contributed by atoms with Gasteiger partial charge in [-0.2, -0.15) is 5.10 Å². The Morgan fingerprint density at radius 1 is 1.22 bits per heavy atom. The molecule has 2 aliphatic rings. The molecule has 162 valence electrons. The number of benzene rings is 1. The Labute approximate surface area is 189 Å². The van der Waals surface area contributed by atoms with E-state index in [1.807, 2.05) is 53.2 Å². The monoisotopic (exact) mass is 448 g/mol. The maximum atomic E-state index is 12.9. The summed E-state index contributed by atoms with van der Waals surface area (Å²) in [5, 5.41) is 6.02. The largest absolute Gasteiger partial charge is 0.350 e. The lowest BCUT2D eigenvalue weighted by Gasteiger charge is -2.34. The highest BCUT2D eigenvalue weighted by atomic mass is 35.5. The van der Waals surface area contributed by atoms with Gasteiger partial charge in [0.1, 0.15) is 6.33 Å². The fourth-order valence-electron chi connectivity index (χ4n) is 5.07. The molecule has 5 heterocycles. The smallest absolute Gasteiger partial charge is 0.246 e. The van der Waals surface area contributed by atoms with Crippen molar-refractivity contribution in [3.8, 4) is 11.3 Å². The second kappa shape index (κ2) is 7.15. The van der Waals surface area contributed by atoms with Crippen LogP contribution in [0.15, 0.2) is 43.0 Å². The Morgan fingerprint density at radius 2 is 2.09 bits per heavy atom. The number of hydrogen-bond donors (Lipinski definition) is 0. The van der Waals surface area contributed by atoms with Crippen LogP contribution in [0.25, 0.3) is 27.7 Å². The van der Waals surface area contributed by atoms with E-state index in [0.29, 0.717) is 11.6 Å². The normalized spacial score (nSPS) is 19.4. The highest BCUT2D eigenvalue weighted by molar-refractivity contribution is 6.32. The minimum absolute atomic E-state index is 0.0966. The maximum absolute atomic E-state index is 12.9. The molecule has 32 heavy (non-hydrogen) atoms. The highest BCUT2D eigenvalue weighted by Gasteiger charge is 2.41. The van der Waals surface area contributed by atoms with Crippen molar-refractivity contribution >= 4 is 39.8 Å². The molecule has 0 aliphatic carbocycles. The summed E-state index contributed by atoms with van der Waals surface area (Å²) in [6.45, 7) is 1.36. The van der Waals surface area contributed by atoms with Gasteiger partial charge in [0.2, 0.25) is 11.8 Å². The van der Waals surface area contributed by atoms with Gasteiger partial charge < -0.3 is 4.57 Å². The number of piperazine rings is 1. The highest BCUT2D eigenvalue weighted by Crippen LogP contribution is 2.34. The number of carbonyl (C=O) groups is 2. The number of halogens is 1. The van der Waals surface area contributed by atoms with Gasteiger partial charge in [0.05, 0.1) is 35.9 Å². The predicted octanol–water partition coefficient (Wildman–Crippen LogP) is 2.87. The Balaban J connectivity index is 1.41. The maximum Gasteiger partial charge on any atom is 0.246 e. The second-order valence-electron chi connectivity index (χ2n) is 8.55. The fourth-order valence-corrected chi connectivity index (χ4v) is 5.30. The van der Waals surface area contributed by atoms with Gasteiger partial charge in [-0.25, -0.2) is 9.50 Å². The lowest BCUT2D eigenvalue weighted by molar-refractivity contribution is -0.155. The van der Waals surface area contributed by atoms with Crippen LogP contribution in [0.4, 0.5) is 0 Å². The van der Waals surface area contributed by atoms with E-state index in [0.717, 1.165) is 52.6 Å². The van der Waals surface area contributed by atoms with E-state index in [1.54, 1.807) is 4.52 Å². The van der Waals surface area contributed by atoms with Crippen molar-refractivity contribution < 1.29 is 9.59 Å². The number of rotatable bonds is 3. The quantitative estimate of drug-likeness (QED) is 0.450. The number of amides is 2. The van der Waals surface area contributed by atoms with Gasteiger partial charge in [0, 0.05) is 35.4 Å². The van der Waals surface area contributed by atoms with Gasteiger partial charge in [0.25, 0.3) is 0 Å². The number of fused-ring (bicyclic) bond motifs is 3. The van der Waals surface area contributed by atoms with Crippen LogP contribution < -0.4 is 0 Å². The zero-order chi connectivity index (χ0) is 22.0. The Kier molecular flexibility index (Phi) is 4.34. The lowest BCUT2D eigenvalue weighted by atomic mass is 10.1. The minimum atomic E-state index is -0.169. The molecule has 3 aromatic heterocycles. The first-order valence-electron chi connectivity index (χ1n) is 10.6. The van der Waals surface area contributed by atoms with E-state index in [9.17, 15) is 9.59 Å². The molecular formula is C23H21ClN6O2. The van der Waals surface area contributed by atoms with Crippen LogP contribution in [0.3, 0.4) is 0 Å². The molecule has 6 rings (SSSR count). The molecule has 2 amide bonds. The molecule has 0 radical (unpaired) electrons. The Hall–Kier alpha value is -3.23. The van der Waals surface area contributed by atoms with Crippen LogP contribution in [0.2, 0.25) is 5.02 Å². The van der Waals surface area contributed by atoms with Crippen LogP contribution in [-0.2, 0) is 23.2 Å². The third kappa shape index (κ3) is 2.94. The van der Waals surface area contributed by atoms with E-state index in [1.165, 1.54) is 11.2 Å². The van der Waals surface area contributed by atoms with E-state index < -0.39 is 0 Å². The van der Waals surface area contributed by atoms with Gasteiger partial charge in [0.15, 0.2) is 0 Å². The summed E-state index contributed by atoms with van der Waals surface area (Å²) in [6.07, 6.45) is 7.13. The van der Waals surface area contributed by atoms with Crippen molar-refractivity contribution in [2.45, 2.75) is 25.4 Å². The topological polar surface area (TPSA) is 75.7 Å². The van der Waals surface area contributed by atoms with Crippen LogP contribution in [0.1, 0.15) is 18.4 Å². The summed E-state index contributed by atoms with van der Waals surface area (Å²) in [4.78, 5) is 33.5. The molecule has 2 aliphatic heterocycles. The summed E-state index contributed by atoms with van der Waals surface area (Å²) in [5.41, 5.74) is 4.32. The fraction of sp³-hybridized carbons (Fsp3) is 0.304. The summed E-state index contributed by atoms with van der Waals surface area (Å²) in [7, 11) is 1.99. The first-order valence-corrected chi connectivity index (χ1v) is 11.0. The van der Waals surface area contributed by atoms with Gasteiger partial charge in [-0.15, -0.1) is 0 Å². The van der Waals surface area contributed by atoms with Gasteiger partial charge in [-0.3, -0.25) is 19.4 Å². The van der Waals surface area contributed by atoms with E-state index in [2.05, 4.69) is 10.1 Å². The van der Waals surface area contributed by atoms with E-state index in [4.69, 9.17) is 11.6 Å². The van der Waals surface area contributed by atoms with Crippen molar-refractivity contribution in [1.82, 2.24) is 29.0 Å². The van der Waals surface area contributed by atoms with Gasteiger partial charge >= 0.3 is 0 Å². The summed E-state index contributed by atoms with van der Waals surface area (Å²) >= 11 is 6.40. The van der Waals surface area contributed by atoms with Crippen molar-refractivity contribution in [3.05, 3.63) is 53.6 Å². The second-order valence-corrected chi connectivity index (χ2v) is 8.99. The average Bonchev–Trinajstić information content (AvgIpc) is 3.48.